The highest BCUT2D eigenvalue weighted by Crippen LogP contribution is 2.24. The summed E-state index contributed by atoms with van der Waals surface area (Å²) in [5.74, 6) is 0.764. The van der Waals surface area contributed by atoms with Crippen LogP contribution >= 0.6 is 0 Å². The fourth-order valence-corrected chi connectivity index (χ4v) is 2.06. The lowest BCUT2D eigenvalue weighted by molar-refractivity contribution is -0.121. The Bertz CT molecular complexity index is 402. The van der Waals surface area contributed by atoms with Gasteiger partial charge in [0.1, 0.15) is 5.75 Å². The molecule has 2 N–H and O–H groups in total. The van der Waals surface area contributed by atoms with E-state index in [0.717, 1.165) is 24.2 Å². The van der Waals surface area contributed by atoms with E-state index >= 15 is 0 Å². The highest BCUT2D eigenvalue weighted by atomic mass is 16.5. The molecular formula is C16H25NO3. The predicted octanol–water partition coefficient (Wildman–Crippen LogP) is 2.15. The van der Waals surface area contributed by atoms with Gasteiger partial charge in [-0.15, -0.1) is 0 Å². The van der Waals surface area contributed by atoms with E-state index in [-0.39, 0.29) is 17.9 Å². The summed E-state index contributed by atoms with van der Waals surface area (Å²) in [7, 11) is 1.62. The van der Waals surface area contributed by atoms with Crippen LogP contribution in [0.5, 0.6) is 5.75 Å². The Morgan fingerprint density at radius 1 is 1.25 bits per heavy atom. The third-order valence-corrected chi connectivity index (χ3v) is 4.02. The van der Waals surface area contributed by atoms with Crippen molar-refractivity contribution in [3.63, 3.8) is 0 Å². The second kappa shape index (κ2) is 7.90. The van der Waals surface area contributed by atoms with E-state index in [1.54, 1.807) is 7.11 Å². The zero-order valence-corrected chi connectivity index (χ0v) is 12.6. The molecule has 0 bridgehead atoms. The minimum atomic E-state index is -0.199. The summed E-state index contributed by atoms with van der Waals surface area (Å²) in [6.07, 6.45) is 2.05. The molecule has 1 rings (SSSR count). The fraction of sp³-hybridized carbons (Fsp3) is 0.562. The molecule has 0 radical (unpaired) electrons. The van der Waals surface area contributed by atoms with E-state index < -0.39 is 0 Å². The summed E-state index contributed by atoms with van der Waals surface area (Å²) in [6, 6.07) is 7.46. The second-order valence-corrected chi connectivity index (χ2v) is 5.17. The fourth-order valence-electron chi connectivity index (χ4n) is 2.06. The lowest BCUT2D eigenvalue weighted by atomic mass is 9.83. The van der Waals surface area contributed by atoms with Gasteiger partial charge in [-0.3, -0.25) is 4.79 Å². The van der Waals surface area contributed by atoms with Crippen molar-refractivity contribution in [3.8, 4) is 5.75 Å². The first-order chi connectivity index (χ1) is 9.59. The highest BCUT2D eigenvalue weighted by molar-refractivity contribution is 5.78. The number of amides is 1. The van der Waals surface area contributed by atoms with Crippen LogP contribution in [0.4, 0.5) is 0 Å². The molecule has 0 spiro atoms. The van der Waals surface area contributed by atoms with E-state index in [9.17, 15) is 9.90 Å². The molecule has 4 heteroatoms. The van der Waals surface area contributed by atoms with Gasteiger partial charge < -0.3 is 15.2 Å². The molecule has 1 aromatic carbocycles. The van der Waals surface area contributed by atoms with Crippen LogP contribution in [-0.4, -0.2) is 31.3 Å². The number of ether oxygens (including phenoxy) is 1. The molecule has 0 saturated heterocycles. The van der Waals surface area contributed by atoms with Crippen LogP contribution in [0, 0.1) is 5.41 Å². The van der Waals surface area contributed by atoms with Gasteiger partial charge in [-0.1, -0.05) is 26.0 Å². The first-order valence-corrected chi connectivity index (χ1v) is 7.09. The lowest BCUT2D eigenvalue weighted by Gasteiger charge is -2.29. The standard InChI is InChI=1S/C16H25NO3/c1-4-16(5-2,12-18)11-17-15(19)10-13-6-8-14(20-3)9-7-13/h6-9,18H,4-5,10-12H2,1-3H3,(H,17,19). The van der Waals surface area contributed by atoms with Gasteiger partial charge >= 0.3 is 0 Å². The molecule has 0 fully saturated rings. The minimum absolute atomic E-state index is 0.0186. The number of methoxy groups -OCH3 is 1. The summed E-state index contributed by atoms with van der Waals surface area (Å²) in [4.78, 5) is 11.9. The van der Waals surface area contributed by atoms with Gasteiger partial charge in [-0.25, -0.2) is 0 Å². The van der Waals surface area contributed by atoms with Crippen molar-refractivity contribution in [2.24, 2.45) is 5.41 Å². The summed E-state index contributed by atoms with van der Waals surface area (Å²) in [5.41, 5.74) is 0.751. The molecule has 0 aliphatic heterocycles. The van der Waals surface area contributed by atoms with Crippen molar-refractivity contribution in [2.45, 2.75) is 33.1 Å². The second-order valence-electron chi connectivity index (χ2n) is 5.17. The van der Waals surface area contributed by atoms with E-state index in [2.05, 4.69) is 5.32 Å². The van der Waals surface area contributed by atoms with Crippen LogP contribution < -0.4 is 10.1 Å². The summed E-state index contributed by atoms with van der Waals surface area (Å²) >= 11 is 0. The monoisotopic (exact) mass is 279 g/mol. The maximum absolute atomic E-state index is 11.9. The maximum Gasteiger partial charge on any atom is 0.224 e. The smallest absolute Gasteiger partial charge is 0.224 e. The van der Waals surface area contributed by atoms with Crippen molar-refractivity contribution in [1.82, 2.24) is 5.32 Å². The van der Waals surface area contributed by atoms with Gasteiger partial charge in [0, 0.05) is 12.0 Å². The topological polar surface area (TPSA) is 58.6 Å². The molecule has 1 amide bonds. The first-order valence-electron chi connectivity index (χ1n) is 7.09. The van der Waals surface area contributed by atoms with Crippen LogP contribution in [0.15, 0.2) is 24.3 Å². The number of hydrogen-bond acceptors (Lipinski definition) is 3. The largest absolute Gasteiger partial charge is 0.497 e. The molecule has 1 aromatic rings. The molecule has 0 heterocycles. The quantitative estimate of drug-likeness (QED) is 0.766. The molecule has 0 aromatic heterocycles. The molecule has 0 unspecified atom stereocenters. The Morgan fingerprint density at radius 2 is 1.85 bits per heavy atom. The predicted molar refractivity (Wildman–Crippen MR) is 79.8 cm³/mol. The van der Waals surface area contributed by atoms with E-state index in [1.807, 2.05) is 38.1 Å². The summed E-state index contributed by atoms with van der Waals surface area (Å²) in [6.45, 7) is 4.69. The van der Waals surface area contributed by atoms with E-state index in [1.165, 1.54) is 0 Å². The molecule has 20 heavy (non-hydrogen) atoms. The number of benzene rings is 1. The number of aliphatic hydroxyl groups excluding tert-OH is 1. The van der Waals surface area contributed by atoms with Gasteiger partial charge in [-0.05, 0) is 30.5 Å². The number of aliphatic hydroxyl groups is 1. The van der Waals surface area contributed by atoms with Gasteiger partial charge in [0.2, 0.25) is 5.91 Å². The van der Waals surface area contributed by atoms with Gasteiger partial charge in [-0.2, -0.15) is 0 Å². The van der Waals surface area contributed by atoms with Gasteiger partial charge in [0.05, 0.1) is 20.1 Å². The number of hydrogen-bond donors (Lipinski definition) is 2. The average molecular weight is 279 g/mol. The third kappa shape index (κ3) is 4.53. The molecule has 4 nitrogen and oxygen atoms in total. The Hall–Kier alpha value is -1.55. The van der Waals surface area contributed by atoms with Crippen LogP contribution in [0.25, 0.3) is 0 Å². The van der Waals surface area contributed by atoms with Crippen molar-refractivity contribution < 1.29 is 14.6 Å². The normalized spacial score (nSPS) is 11.2. The number of nitrogens with one attached hydrogen (secondary N) is 1. The third-order valence-electron chi connectivity index (χ3n) is 4.02. The van der Waals surface area contributed by atoms with Gasteiger partial charge in [0.25, 0.3) is 0 Å². The Balaban J connectivity index is 2.50. The Kier molecular flexibility index (Phi) is 6.52. The van der Waals surface area contributed by atoms with Crippen LogP contribution in [0.1, 0.15) is 32.3 Å². The van der Waals surface area contributed by atoms with Crippen molar-refractivity contribution in [1.29, 1.82) is 0 Å². The molecule has 0 saturated carbocycles. The van der Waals surface area contributed by atoms with E-state index in [4.69, 9.17) is 4.74 Å². The van der Waals surface area contributed by atoms with Crippen LogP contribution in [0.2, 0.25) is 0 Å². The minimum Gasteiger partial charge on any atom is -0.497 e. The van der Waals surface area contributed by atoms with Crippen molar-refractivity contribution >= 4 is 5.91 Å². The summed E-state index contributed by atoms with van der Waals surface area (Å²) < 4.78 is 5.08. The molecular weight excluding hydrogens is 254 g/mol. The number of carbonyl (C=O) groups is 1. The lowest BCUT2D eigenvalue weighted by Crippen LogP contribution is -2.39. The number of carbonyl (C=O) groups excluding carboxylic acids is 1. The average Bonchev–Trinajstić information content (AvgIpc) is 2.50. The van der Waals surface area contributed by atoms with Crippen molar-refractivity contribution in [2.75, 3.05) is 20.3 Å². The zero-order chi connectivity index (χ0) is 15.0. The molecule has 112 valence electrons. The molecule has 0 aliphatic carbocycles. The molecule has 0 atom stereocenters. The van der Waals surface area contributed by atoms with Crippen molar-refractivity contribution in [3.05, 3.63) is 29.8 Å². The summed E-state index contributed by atoms with van der Waals surface area (Å²) in [5, 5.41) is 12.4. The number of rotatable bonds is 8. The Labute approximate surface area is 121 Å². The highest BCUT2D eigenvalue weighted by Gasteiger charge is 2.25. The SMILES string of the molecule is CCC(CC)(CO)CNC(=O)Cc1ccc(OC)cc1. The zero-order valence-electron chi connectivity index (χ0n) is 12.6. The van der Waals surface area contributed by atoms with Crippen LogP contribution in [-0.2, 0) is 11.2 Å². The molecule has 0 aliphatic rings. The van der Waals surface area contributed by atoms with Crippen LogP contribution in [0.3, 0.4) is 0 Å². The van der Waals surface area contributed by atoms with E-state index in [0.29, 0.717) is 13.0 Å². The Morgan fingerprint density at radius 3 is 2.30 bits per heavy atom. The van der Waals surface area contributed by atoms with Gasteiger partial charge in [0.15, 0.2) is 0 Å². The first kappa shape index (κ1) is 16.5. The maximum atomic E-state index is 11.9.